The minimum absolute atomic E-state index is 0.348. The van der Waals surface area contributed by atoms with Crippen molar-refractivity contribution in [2.45, 2.75) is 38.5 Å². The van der Waals surface area contributed by atoms with Gasteiger partial charge >= 0.3 is 0 Å². The van der Waals surface area contributed by atoms with Crippen LogP contribution < -0.4 is 0 Å². The third kappa shape index (κ3) is 2.12. The summed E-state index contributed by atoms with van der Waals surface area (Å²) in [5, 5.41) is 9.41. The first kappa shape index (κ1) is 10.4. The molecule has 14 heavy (non-hydrogen) atoms. The van der Waals surface area contributed by atoms with E-state index < -0.39 is 0 Å². The molecule has 2 heteroatoms. The lowest BCUT2D eigenvalue weighted by atomic mass is 9.64. The predicted octanol–water partition coefficient (Wildman–Crippen LogP) is 1.88. The summed E-state index contributed by atoms with van der Waals surface area (Å²) in [5.41, 5.74) is 0.348. The fourth-order valence-electron chi connectivity index (χ4n) is 2.98. The molecule has 0 aromatic rings. The van der Waals surface area contributed by atoms with E-state index in [4.69, 9.17) is 0 Å². The van der Waals surface area contributed by atoms with Crippen LogP contribution in [0.25, 0.3) is 0 Å². The van der Waals surface area contributed by atoms with E-state index in [2.05, 4.69) is 11.9 Å². The molecule has 0 radical (unpaired) electrons. The maximum absolute atomic E-state index is 9.41. The summed E-state index contributed by atoms with van der Waals surface area (Å²) in [7, 11) is 2.21. The van der Waals surface area contributed by atoms with Gasteiger partial charge in [0.15, 0.2) is 0 Å². The van der Waals surface area contributed by atoms with Gasteiger partial charge in [0, 0.05) is 6.61 Å². The second kappa shape index (κ2) is 4.19. The molecule has 1 saturated carbocycles. The largest absolute Gasteiger partial charge is 0.396 e. The molecular weight excluding hydrogens is 174 g/mol. The topological polar surface area (TPSA) is 23.5 Å². The maximum Gasteiger partial charge on any atom is 0.0487 e. The Hall–Kier alpha value is -0.0800. The van der Waals surface area contributed by atoms with Crippen molar-refractivity contribution in [3.8, 4) is 0 Å². The summed E-state index contributed by atoms with van der Waals surface area (Å²) in [4.78, 5) is 2.42. The van der Waals surface area contributed by atoms with E-state index in [1.54, 1.807) is 0 Å². The van der Waals surface area contributed by atoms with Gasteiger partial charge in [0.2, 0.25) is 0 Å². The van der Waals surface area contributed by atoms with Crippen LogP contribution in [0.1, 0.15) is 38.5 Å². The molecule has 1 aliphatic heterocycles. The van der Waals surface area contributed by atoms with Crippen LogP contribution in [-0.4, -0.2) is 36.8 Å². The normalized spacial score (nSPS) is 28.7. The Labute approximate surface area is 87.3 Å². The van der Waals surface area contributed by atoms with Crippen molar-refractivity contribution >= 4 is 0 Å². The lowest BCUT2D eigenvalue weighted by Gasteiger charge is -2.44. The van der Waals surface area contributed by atoms with Crippen LogP contribution >= 0.6 is 0 Å². The van der Waals surface area contributed by atoms with Crippen LogP contribution in [-0.2, 0) is 0 Å². The Morgan fingerprint density at radius 3 is 2.36 bits per heavy atom. The highest BCUT2D eigenvalue weighted by Gasteiger charge is 2.38. The molecule has 2 nitrogen and oxygen atoms in total. The molecule has 1 aliphatic carbocycles. The van der Waals surface area contributed by atoms with Crippen LogP contribution in [0.15, 0.2) is 0 Å². The second-order valence-corrected chi connectivity index (χ2v) is 5.46. The Kier molecular flexibility index (Phi) is 3.13. The Morgan fingerprint density at radius 2 is 1.93 bits per heavy atom. The van der Waals surface area contributed by atoms with Gasteiger partial charge in [-0.2, -0.15) is 0 Å². The minimum atomic E-state index is 0.348. The lowest BCUT2D eigenvalue weighted by molar-refractivity contribution is 0.0106. The summed E-state index contributed by atoms with van der Waals surface area (Å²) < 4.78 is 0. The van der Waals surface area contributed by atoms with Crippen molar-refractivity contribution in [1.29, 1.82) is 0 Å². The first-order valence-electron chi connectivity index (χ1n) is 6.03. The molecule has 0 aromatic heterocycles. The average Bonchev–Trinajstić information content (AvgIpc) is 2.15. The molecule has 82 valence electrons. The van der Waals surface area contributed by atoms with E-state index in [0.29, 0.717) is 12.0 Å². The van der Waals surface area contributed by atoms with Crippen LogP contribution in [0.5, 0.6) is 0 Å². The zero-order chi connectivity index (χ0) is 10.0. The van der Waals surface area contributed by atoms with Crippen LogP contribution in [0.4, 0.5) is 0 Å². The Balaban J connectivity index is 1.79. The van der Waals surface area contributed by atoms with Crippen LogP contribution in [0.2, 0.25) is 0 Å². The molecule has 0 atom stereocenters. The molecule has 2 fully saturated rings. The third-order valence-corrected chi connectivity index (χ3v) is 4.31. The van der Waals surface area contributed by atoms with E-state index in [9.17, 15) is 5.11 Å². The van der Waals surface area contributed by atoms with Gasteiger partial charge in [-0.15, -0.1) is 0 Å². The number of aliphatic hydroxyl groups is 1. The van der Waals surface area contributed by atoms with Gasteiger partial charge in [-0.05, 0) is 63.6 Å². The number of rotatable bonds is 3. The number of aliphatic hydroxyl groups excluding tert-OH is 1. The standard InChI is InChI=1S/C12H23NO/c1-13-7-3-11(4-8-13)9-12(10-14)5-2-6-12/h11,14H,2-10H2,1H3. The van der Waals surface area contributed by atoms with Crippen molar-refractivity contribution in [3.05, 3.63) is 0 Å². The maximum atomic E-state index is 9.41. The number of piperidine rings is 1. The fraction of sp³-hybridized carbons (Fsp3) is 1.00. The number of likely N-dealkylation sites (tertiary alicyclic amines) is 1. The minimum Gasteiger partial charge on any atom is -0.396 e. The van der Waals surface area contributed by atoms with Crippen molar-refractivity contribution in [2.24, 2.45) is 11.3 Å². The van der Waals surface area contributed by atoms with E-state index in [-0.39, 0.29) is 0 Å². The smallest absolute Gasteiger partial charge is 0.0487 e. The zero-order valence-corrected chi connectivity index (χ0v) is 9.34. The van der Waals surface area contributed by atoms with Gasteiger partial charge in [0.25, 0.3) is 0 Å². The predicted molar refractivity (Wildman–Crippen MR) is 58.2 cm³/mol. The van der Waals surface area contributed by atoms with E-state index in [1.807, 2.05) is 0 Å². The molecule has 0 bridgehead atoms. The molecule has 0 unspecified atom stereocenters. The third-order valence-electron chi connectivity index (χ3n) is 4.31. The van der Waals surface area contributed by atoms with Gasteiger partial charge in [0.05, 0.1) is 0 Å². The first-order valence-corrected chi connectivity index (χ1v) is 6.03. The first-order chi connectivity index (χ1) is 6.74. The number of hydrogen-bond acceptors (Lipinski definition) is 2. The number of hydrogen-bond donors (Lipinski definition) is 1. The molecule has 0 amide bonds. The van der Waals surface area contributed by atoms with Crippen LogP contribution in [0.3, 0.4) is 0 Å². The summed E-state index contributed by atoms with van der Waals surface area (Å²) in [6.07, 6.45) is 7.87. The zero-order valence-electron chi connectivity index (χ0n) is 9.34. The van der Waals surface area contributed by atoms with Gasteiger partial charge in [-0.25, -0.2) is 0 Å². The SMILES string of the molecule is CN1CCC(CC2(CO)CCC2)CC1. The van der Waals surface area contributed by atoms with E-state index >= 15 is 0 Å². The number of nitrogens with zero attached hydrogens (tertiary/aromatic N) is 1. The molecule has 0 aromatic carbocycles. The highest BCUT2D eigenvalue weighted by atomic mass is 16.3. The molecule has 1 heterocycles. The van der Waals surface area contributed by atoms with Crippen molar-refractivity contribution in [3.63, 3.8) is 0 Å². The molecule has 2 aliphatic rings. The van der Waals surface area contributed by atoms with Crippen LogP contribution in [0, 0.1) is 11.3 Å². The highest BCUT2D eigenvalue weighted by Crippen LogP contribution is 2.46. The molecule has 1 saturated heterocycles. The van der Waals surface area contributed by atoms with E-state index in [0.717, 1.165) is 5.92 Å². The summed E-state index contributed by atoms with van der Waals surface area (Å²) in [5.74, 6) is 0.888. The fourth-order valence-corrected chi connectivity index (χ4v) is 2.98. The lowest BCUT2D eigenvalue weighted by Crippen LogP contribution is -2.38. The summed E-state index contributed by atoms with van der Waals surface area (Å²) >= 11 is 0. The summed E-state index contributed by atoms with van der Waals surface area (Å²) in [6.45, 7) is 2.94. The highest BCUT2D eigenvalue weighted by molar-refractivity contribution is 4.90. The second-order valence-electron chi connectivity index (χ2n) is 5.46. The summed E-state index contributed by atoms with van der Waals surface area (Å²) in [6, 6.07) is 0. The Morgan fingerprint density at radius 1 is 1.29 bits per heavy atom. The molecule has 2 rings (SSSR count). The van der Waals surface area contributed by atoms with Gasteiger partial charge in [-0.3, -0.25) is 0 Å². The molecule has 1 N–H and O–H groups in total. The van der Waals surface area contributed by atoms with E-state index in [1.165, 1.54) is 51.6 Å². The van der Waals surface area contributed by atoms with Gasteiger partial charge < -0.3 is 10.0 Å². The average molecular weight is 197 g/mol. The quantitative estimate of drug-likeness (QED) is 0.746. The van der Waals surface area contributed by atoms with Crippen molar-refractivity contribution in [2.75, 3.05) is 26.7 Å². The monoisotopic (exact) mass is 197 g/mol. The van der Waals surface area contributed by atoms with Crippen molar-refractivity contribution in [1.82, 2.24) is 4.90 Å². The molecular formula is C12H23NO. The Bertz CT molecular complexity index is 175. The van der Waals surface area contributed by atoms with Gasteiger partial charge in [-0.1, -0.05) is 6.42 Å². The van der Waals surface area contributed by atoms with Crippen molar-refractivity contribution < 1.29 is 5.11 Å². The van der Waals surface area contributed by atoms with Gasteiger partial charge in [0.1, 0.15) is 0 Å². The molecule has 0 spiro atoms.